The molecule has 10 fully saturated rings. The van der Waals surface area contributed by atoms with Gasteiger partial charge in [-0.2, -0.15) is 0 Å². The fraction of sp³-hybridized carbons (Fsp3) is 0.750. The zero-order chi connectivity index (χ0) is 40.6. The molecule has 12 bridgehead atoms. The summed E-state index contributed by atoms with van der Waals surface area (Å²) in [5.74, 6) is -0.427. The minimum Gasteiger partial charge on any atom is -0.462 e. The maximum absolute atomic E-state index is 14.3. The van der Waals surface area contributed by atoms with Crippen LogP contribution in [-0.2, 0) is 47.4 Å². The lowest BCUT2D eigenvalue weighted by Crippen LogP contribution is -2.61. The zero-order valence-corrected chi connectivity index (χ0v) is 35.1. The van der Waals surface area contributed by atoms with Gasteiger partial charge in [0.05, 0.1) is 67.1 Å². The Hall–Kier alpha value is -2.48. The van der Waals surface area contributed by atoms with Gasteiger partial charge in [0.15, 0.2) is 5.79 Å². The normalized spacial score (nSPS) is 47.4. The van der Waals surface area contributed by atoms with Crippen molar-refractivity contribution in [3.8, 4) is 0 Å². The molecule has 1 spiro atoms. The van der Waals surface area contributed by atoms with Crippen LogP contribution < -0.4 is 0 Å². The van der Waals surface area contributed by atoms with Crippen molar-refractivity contribution in [2.75, 3.05) is 6.61 Å². The highest BCUT2D eigenvalue weighted by atomic mass is 16.8. The minimum atomic E-state index is -0.775. The molecule has 0 radical (unpaired) electrons. The van der Waals surface area contributed by atoms with E-state index in [-0.39, 0.29) is 115 Å². The number of carbonyl (C=O) groups is 2. The van der Waals surface area contributed by atoms with Gasteiger partial charge in [-0.3, -0.25) is 4.79 Å². The molecule has 0 aromatic heterocycles. The summed E-state index contributed by atoms with van der Waals surface area (Å²) in [6.45, 7) is 15.9. The van der Waals surface area contributed by atoms with Crippen LogP contribution >= 0.6 is 0 Å². The molecule has 1 aromatic carbocycles. The Morgan fingerprint density at radius 1 is 0.763 bits per heavy atom. The highest BCUT2D eigenvalue weighted by Crippen LogP contribution is 2.54. The van der Waals surface area contributed by atoms with E-state index in [1.54, 1.807) is 12.1 Å². The second kappa shape index (κ2) is 16.3. The van der Waals surface area contributed by atoms with Gasteiger partial charge in [-0.1, -0.05) is 52.1 Å². The Morgan fingerprint density at radius 3 is 2.36 bits per heavy atom. The van der Waals surface area contributed by atoms with Gasteiger partial charge in [0.1, 0.15) is 36.3 Å². The number of ether oxygens (including phenoxy) is 9. The molecular weight excluding hydrogens is 753 g/mol. The molecule has 0 N–H and O–H groups in total. The van der Waals surface area contributed by atoms with Gasteiger partial charge < -0.3 is 42.6 Å². The molecule has 0 aliphatic carbocycles. The van der Waals surface area contributed by atoms with Gasteiger partial charge in [-0.05, 0) is 98.3 Å². The van der Waals surface area contributed by atoms with E-state index in [0.717, 1.165) is 62.5 Å². The largest absolute Gasteiger partial charge is 0.462 e. The van der Waals surface area contributed by atoms with Crippen LogP contribution in [0.3, 0.4) is 0 Å². The molecule has 59 heavy (non-hydrogen) atoms. The van der Waals surface area contributed by atoms with Crippen LogP contribution in [0.15, 0.2) is 54.6 Å². The number of benzene rings is 1. The fourth-order valence-corrected chi connectivity index (χ4v) is 12.3. The van der Waals surface area contributed by atoms with Crippen LogP contribution in [0, 0.1) is 23.7 Å². The summed E-state index contributed by atoms with van der Waals surface area (Å²) < 4.78 is 60.4. The number of hydrogen-bond donors (Lipinski definition) is 0. The number of rotatable bonds is 5. The lowest BCUT2D eigenvalue weighted by atomic mass is 9.78. The number of ketones is 1. The highest BCUT2D eigenvalue weighted by molar-refractivity contribution is 5.89. The SMILES string of the molecule is C=C1C[C@@H]2CC[C@@]34C[C@H]5O[C@H]6[C@@H](O3)[C@H]3O[C@H](CC[C@@H]3O[C@H]6[C@H]5O4)CC(=O)CC3[C@H](CC4O[C@@H](CCC1O2)C[C@@H](C)C4=C)O[C@H](C[C@H](C)COC(=O)c1ccccc1)[C@@H]3C. The van der Waals surface area contributed by atoms with E-state index in [1.165, 1.54) is 0 Å². The van der Waals surface area contributed by atoms with Crippen LogP contribution in [0.25, 0.3) is 0 Å². The van der Waals surface area contributed by atoms with Gasteiger partial charge in [-0.15, -0.1) is 0 Å². The molecule has 10 aliphatic rings. The van der Waals surface area contributed by atoms with Crippen LogP contribution in [0.5, 0.6) is 0 Å². The highest BCUT2D eigenvalue weighted by Gasteiger charge is 2.68. The van der Waals surface area contributed by atoms with Gasteiger partial charge >= 0.3 is 5.97 Å². The summed E-state index contributed by atoms with van der Waals surface area (Å²) >= 11 is 0. The van der Waals surface area contributed by atoms with Crippen molar-refractivity contribution in [1.82, 2.24) is 0 Å². The lowest BCUT2D eigenvalue weighted by molar-refractivity contribution is -0.292. The number of esters is 1. The van der Waals surface area contributed by atoms with Crippen molar-refractivity contribution >= 4 is 11.8 Å². The molecule has 0 saturated carbocycles. The van der Waals surface area contributed by atoms with Crippen molar-refractivity contribution < 1.29 is 52.2 Å². The second-order valence-electron chi connectivity index (χ2n) is 19.8. The first-order valence-corrected chi connectivity index (χ1v) is 22.9. The lowest BCUT2D eigenvalue weighted by Gasteiger charge is -2.47. The molecule has 10 heterocycles. The van der Waals surface area contributed by atoms with Gasteiger partial charge in [-0.25, -0.2) is 4.79 Å². The Bertz CT molecular complexity index is 1750. The summed E-state index contributed by atoms with van der Waals surface area (Å²) in [6, 6.07) is 9.10. The topological polar surface area (TPSA) is 117 Å². The fourth-order valence-electron chi connectivity index (χ4n) is 12.3. The third-order valence-electron chi connectivity index (χ3n) is 15.5. The monoisotopic (exact) mass is 816 g/mol. The quantitative estimate of drug-likeness (QED) is 0.221. The summed E-state index contributed by atoms with van der Waals surface area (Å²) in [4.78, 5) is 27.0. The molecule has 10 saturated heterocycles. The Kier molecular flexibility index (Phi) is 11.2. The summed E-state index contributed by atoms with van der Waals surface area (Å²) in [7, 11) is 0. The van der Waals surface area contributed by atoms with E-state index < -0.39 is 5.79 Å². The van der Waals surface area contributed by atoms with E-state index in [4.69, 9.17) is 42.6 Å². The van der Waals surface area contributed by atoms with Crippen molar-refractivity contribution in [2.24, 2.45) is 23.7 Å². The molecule has 19 atom stereocenters. The van der Waals surface area contributed by atoms with Gasteiger partial charge in [0.25, 0.3) is 0 Å². The van der Waals surface area contributed by atoms with Gasteiger partial charge in [0, 0.05) is 32.1 Å². The predicted molar refractivity (Wildman–Crippen MR) is 215 cm³/mol. The van der Waals surface area contributed by atoms with Crippen molar-refractivity contribution in [3.05, 3.63) is 60.2 Å². The molecule has 0 amide bonds. The standard InChI is InChI=1S/C48H64O11/c1-25(24-51-47(50)30-9-7-6-8-10-30)17-38-29(5)35-21-31(49)20-33-12-14-37-42(54-33)46-45-44(56-37)43-41(57-45)23-48(58-43,59-46)16-15-34-19-27(3)36(52-34)13-11-32-18-26(2)28(4)39(53-32)22-40(35)55-38/h6-10,25-26,29,32-46H,3-4,11-24H2,1-2,5H3/t25-,26+,29+,32-,33+,34-,35?,36?,37-,38+,39?,40-,41+,42-,43-,44-,45+,46-,48-/m0/s1. The molecule has 11 heteroatoms. The molecule has 3 unspecified atom stereocenters. The smallest absolute Gasteiger partial charge is 0.338 e. The Balaban J connectivity index is 0.882. The summed E-state index contributed by atoms with van der Waals surface area (Å²) in [6.07, 6.45) is 7.34. The molecular formula is C48H64O11. The van der Waals surface area contributed by atoms with E-state index in [0.29, 0.717) is 50.2 Å². The number of Topliss-reactive ketones (excluding diaryl/α,β-unsaturated/α-hetero) is 1. The van der Waals surface area contributed by atoms with Crippen LogP contribution in [0.2, 0.25) is 0 Å². The van der Waals surface area contributed by atoms with E-state index in [9.17, 15) is 9.59 Å². The molecule has 1 aromatic rings. The van der Waals surface area contributed by atoms with Crippen molar-refractivity contribution in [3.63, 3.8) is 0 Å². The zero-order valence-electron chi connectivity index (χ0n) is 35.1. The number of carbonyl (C=O) groups excluding carboxylic acids is 2. The summed E-state index contributed by atoms with van der Waals surface area (Å²) in [5, 5.41) is 0. The Labute approximate surface area is 349 Å². The summed E-state index contributed by atoms with van der Waals surface area (Å²) in [5.41, 5.74) is 2.80. The molecule has 322 valence electrons. The molecule has 10 aliphatic heterocycles. The molecule has 11 rings (SSSR count). The second-order valence-corrected chi connectivity index (χ2v) is 19.8. The maximum Gasteiger partial charge on any atom is 0.338 e. The van der Waals surface area contributed by atoms with Gasteiger partial charge in [0.2, 0.25) is 0 Å². The Morgan fingerprint density at radius 2 is 1.51 bits per heavy atom. The number of fused-ring (bicyclic) bond motifs is 6. The average molecular weight is 817 g/mol. The third-order valence-corrected chi connectivity index (χ3v) is 15.5. The van der Waals surface area contributed by atoms with E-state index in [2.05, 4.69) is 33.9 Å². The first-order chi connectivity index (χ1) is 28.5. The van der Waals surface area contributed by atoms with E-state index in [1.807, 2.05) is 18.2 Å². The average Bonchev–Trinajstić information content (AvgIpc) is 3.89. The van der Waals surface area contributed by atoms with Crippen LogP contribution in [0.1, 0.15) is 115 Å². The van der Waals surface area contributed by atoms with Crippen molar-refractivity contribution in [1.29, 1.82) is 0 Å². The number of hydrogen-bond acceptors (Lipinski definition) is 11. The third kappa shape index (κ3) is 7.94. The first kappa shape index (κ1) is 40.6. The molecule has 11 nitrogen and oxygen atoms in total. The van der Waals surface area contributed by atoms with E-state index >= 15 is 0 Å². The predicted octanol–water partition coefficient (Wildman–Crippen LogP) is 7.23. The maximum atomic E-state index is 14.3. The van der Waals surface area contributed by atoms with Crippen LogP contribution in [-0.4, -0.2) is 110 Å². The van der Waals surface area contributed by atoms with Crippen LogP contribution in [0.4, 0.5) is 0 Å². The van der Waals surface area contributed by atoms with Crippen molar-refractivity contribution in [2.45, 2.75) is 195 Å². The minimum absolute atomic E-state index is 0.00316. The first-order valence-electron chi connectivity index (χ1n) is 22.9.